The molecule has 1 aromatic heterocycles. The van der Waals surface area contributed by atoms with Crippen LogP contribution in [0.3, 0.4) is 0 Å². The van der Waals surface area contributed by atoms with Gasteiger partial charge in [-0.25, -0.2) is 0 Å². The lowest BCUT2D eigenvalue weighted by Gasteiger charge is -2.15. The topological polar surface area (TPSA) is 80.7 Å². The lowest BCUT2D eigenvalue weighted by atomic mass is 10.0. The van der Waals surface area contributed by atoms with Crippen LogP contribution in [0.5, 0.6) is 11.5 Å². The number of carbonyl (C=O) groups is 1. The predicted octanol–water partition coefficient (Wildman–Crippen LogP) is 1.39. The SMILES string of the molecule is O=C(NC[C@H](CO)Cc1cccnc1)c1cccc2c1OCO2. The van der Waals surface area contributed by atoms with E-state index in [1.54, 1.807) is 30.6 Å². The van der Waals surface area contributed by atoms with Crippen LogP contribution in [0, 0.1) is 5.92 Å². The van der Waals surface area contributed by atoms with Crippen LogP contribution < -0.4 is 14.8 Å². The molecule has 120 valence electrons. The fourth-order valence-electron chi connectivity index (χ4n) is 2.49. The molecular weight excluding hydrogens is 296 g/mol. The number of rotatable bonds is 6. The molecule has 0 fully saturated rings. The van der Waals surface area contributed by atoms with Gasteiger partial charge in [0.2, 0.25) is 6.79 Å². The highest BCUT2D eigenvalue weighted by atomic mass is 16.7. The maximum Gasteiger partial charge on any atom is 0.255 e. The van der Waals surface area contributed by atoms with Crippen molar-refractivity contribution in [2.75, 3.05) is 19.9 Å². The molecule has 3 rings (SSSR count). The molecule has 1 atom stereocenters. The molecule has 2 aromatic rings. The average molecular weight is 314 g/mol. The normalized spacial score (nSPS) is 13.6. The number of hydrogen-bond acceptors (Lipinski definition) is 5. The number of benzene rings is 1. The zero-order valence-electron chi connectivity index (χ0n) is 12.6. The number of ether oxygens (including phenoxy) is 2. The molecule has 0 bridgehead atoms. The molecule has 0 saturated heterocycles. The van der Waals surface area contributed by atoms with Crippen molar-refractivity contribution in [1.82, 2.24) is 10.3 Å². The van der Waals surface area contributed by atoms with E-state index in [1.165, 1.54) is 0 Å². The molecule has 6 nitrogen and oxygen atoms in total. The number of amides is 1. The first-order valence-corrected chi connectivity index (χ1v) is 7.44. The van der Waals surface area contributed by atoms with E-state index < -0.39 is 0 Å². The summed E-state index contributed by atoms with van der Waals surface area (Å²) in [6.07, 6.45) is 4.12. The third-order valence-corrected chi connectivity index (χ3v) is 3.70. The number of para-hydroxylation sites is 1. The van der Waals surface area contributed by atoms with Crippen LogP contribution >= 0.6 is 0 Å². The summed E-state index contributed by atoms with van der Waals surface area (Å²) in [5.74, 6) is 0.735. The lowest BCUT2D eigenvalue weighted by molar-refractivity contribution is 0.0935. The maximum absolute atomic E-state index is 12.3. The van der Waals surface area contributed by atoms with Crippen LogP contribution in [0.25, 0.3) is 0 Å². The highest BCUT2D eigenvalue weighted by molar-refractivity contribution is 5.97. The first-order valence-electron chi connectivity index (χ1n) is 7.44. The van der Waals surface area contributed by atoms with Gasteiger partial charge in [-0.2, -0.15) is 0 Å². The molecule has 23 heavy (non-hydrogen) atoms. The average Bonchev–Trinajstić information content (AvgIpc) is 3.07. The smallest absolute Gasteiger partial charge is 0.255 e. The van der Waals surface area contributed by atoms with Gasteiger partial charge in [-0.1, -0.05) is 12.1 Å². The number of carbonyl (C=O) groups excluding carboxylic acids is 1. The van der Waals surface area contributed by atoms with E-state index in [0.717, 1.165) is 5.56 Å². The highest BCUT2D eigenvalue weighted by Gasteiger charge is 2.22. The second kappa shape index (κ2) is 7.11. The van der Waals surface area contributed by atoms with E-state index in [0.29, 0.717) is 30.0 Å². The lowest BCUT2D eigenvalue weighted by Crippen LogP contribution is -2.32. The molecule has 0 unspecified atom stereocenters. The number of fused-ring (bicyclic) bond motifs is 1. The molecule has 2 heterocycles. The van der Waals surface area contributed by atoms with E-state index in [-0.39, 0.29) is 25.2 Å². The zero-order chi connectivity index (χ0) is 16.1. The van der Waals surface area contributed by atoms with Gasteiger partial charge in [-0.05, 0) is 30.2 Å². The Morgan fingerprint density at radius 1 is 1.30 bits per heavy atom. The van der Waals surface area contributed by atoms with Gasteiger partial charge in [0.05, 0.1) is 5.56 Å². The quantitative estimate of drug-likeness (QED) is 0.842. The van der Waals surface area contributed by atoms with Crippen LogP contribution in [0.15, 0.2) is 42.7 Å². The third-order valence-electron chi connectivity index (χ3n) is 3.70. The Balaban J connectivity index is 1.61. The number of nitrogens with one attached hydrogen (secondary N) is 1. The third kappa shape index (κ3) is 3.60. The van der Waals surface area contributed by atoms with Crippen LogP contribution in [-0.4, -0.2) is 35.9 Å². The van der Waals surface area contributed by atoms with Crippen molar-refractivity contribution in [3.63, 3.8) is 0 Å². The van der Waals surface area contributed by atoms with Gasteiger partial charge in [-0.15, -0.1) is 0 Å². The van der Waals surface area contributed by atoms with Crippen molar-refractivity contribution in [2.24, 2.45) is 5.92 Å². The van der Waals surface area contributed by atoms with Gasteiger partial charge in [0, 0.05) is 31.5 Å². The van der Waals surface area contributed by atoms with Crippen LogP contribution in [0.4, 0.5) is 0 Å². The minimum absolute atomic E-state index is 0.0122. The van der Waals surface area contributed by atoms with Crippen molar-refractivity contribution in [3.8, 4) is 11.5 Å². The van der Waals surface area contributed by atoms with Gasteiger partial charge in [-0.3, -0.25) is 9.78 Å². The maximum atomic E-state index is 12.3. The predicted molar refractivity (Wildman–Crippen MR) is 83.4 cm³/mol. The van der Waals surface area contributed by atoms with E-state index in [9.17, 15) is 9.90 Å². The van der Waals surface area contributed by atoms with Crippen molar-refractivity contribution in [3.05, 3.63) is 53.9 Å². The summed E-state index contributed by atoms with van der Waals surface area (Å²) in [5.41, 5.74) is 1.47. The summed E-state index contributed by atoms with van der Waals surface area (Å²) in [6, 6.07) is 9.01. The van der Waals surface area contributed by atoms with E-state index >= 15 is 0 Å². The Hall–Kier alpha value is -2.60. The largest absolute Gasteiger partial charge is 0.454 e. The highest BCUT2D eigenvalue weighted by Crippen LogP contribution is 2.35. The van der Waals surface area contributed by atoms with Crippen LogP contribution in [0.1, 0.15) is 15.9 Å². The Morgan fingerprint density at radius 3 is 3.00 bits per heavy atom. The Morgan fingerprint density at radius 2 is 2.22 bits per heavy atom. The van der Waals surface area contributed by atoms with Crippen LogP contribution in [0.2, 0.25) is 0 Å². The van der Waals surface area contributed by atoms with Crippen molar-refractivity contribution >= 4 is 5.91 Å². The molecule has 1 aromatic carbocycles. The molecule has 2 N–H and O–H groups in total. The van der Waals surface area contributed by atoms with Crippen molar-refractivity contribution < 1.29 is 19.4 Å². The molecule has 1 aliphatic rings. The van der Waals surface area contributed by atoms with E-state index in [2.05, 4.69) is 10.3 Å². The summed E-state index contributed by atoms with van der Waals surface area (Å²) in [4.78, 5) is 16.4. The molecular formula is C17H18N2O4. The fourth-order valence-corrected chi connectivity index (χ4v) is 2.49. The van der Waals surface area contributed by atoms with Gasteiger partial charge < -0.3 is 19.9 Å². The van der Waals surface area contributed by atoms with Crippen LogP contribution in [-0.2, 0) is 6.42 Å². The number of pyridine rings is 1. The fraction of sp³-hybridized carbons (Fsp3) is 0.294. The van der Waals surface area contributed by atoms with Gasteiger partial charge in [0.25, 0.3) is 5.91 Å². The summed E-state index contributed by atoms with van der Waals surface area (Å²) >= 11 is 0. The second-order valence-corrected chi connectivity index (χ2v) is 5.36. The van der Waals surface area contributed by atoms with Crippen molar-refractivity contribution in [2.45, 2.75) is 6.42 Å². The number of aromatic nitrogens is 1. The molecule has 6 heteroatoms. The molecule has 1 amide bonds. The molecule has 0 saturated carbocycles. The van der Waals surface area contributed by atoms with Gasteiger partial charge >= 0.3 is 0 Å². The molecule has 0 spiro atoms. The molecule has 1 aliphatic heterocycles. The van der Waals surface area contributed by atoms with E-state index in [4.69, 9.17) is 9.47 Å². The first kappa shape index (κ1) is 15.3. The Bertz CT molecular complexity index is 676. The van der Waals surface area contributed by atoms with E-state index in [1.807, 2.05) is 12.1 Å². The monoisotopic (exact) mass is 314 g/mol. The summed E-state index contributed by atoms with van der Waals surface area (Å²) < 4.78 is 10.6. The molecule has 0 radical (unpaired) electrons. The number of aliphatic hydroxyl groups excluding tert-OH is 1. The number of aliphatic hydroxyl groups is 1. The van der Waals surface area contributed by atoms with Crippen molar-refractivity contribution in [1.29, 1.82) is 0 Å². The minimum Gasteiger partial charge on any atom is -0.454 e. The Labute approximate surface area is 134 Å². The second-order valence-electron chi connectivity index (χ2n) is 5.36. The molecule has 0 aliphatic carbocycles. The number of hydrogen-bond donors (Lipinski definition) is 2. The summed E-state index contributed by atoms with van der Waals surface area (Å²) in [7, 11) is 0. The summed E-state index contributed by atoms with van der Waals surface area (Å²) in [5, 5.41) is 12.4. The number of nitrogens with zero attached hydrogens (tertiary/aromatic N) is 1. The van der Waals surface area contributed by atoms with Gasteiger partial charge in [0.1, 0.15) is 0 Å². The summed E-state index contributed by atoms with van der Waals surface area (Å²) in [6.45, 7) is 0.482. The standard InChI is InChI=1S/C17H18N2O4/c20-10-13(7-12-3-2-6-18-8-12)9-19-17(21)14-4-1-5-15-16(14)23-11-22-15/h1-6,8,13,20H,7,9-11H2,(H,19,21)/t13-/m1/s1. The Kier molecular flexibility index (Phi) is 4.73. The van der Waals surface area contributed by atoms with Gasteiger partial charge in [0.15, 0.2) is 11.5 Å². The zero-order valence-corrected chi connectivity index (χ0v) is 12.6. The first-order chi connectivity index (χ1) is 11.3. The minimum atomic E-state index is -0.239.